The number of hydrogen-bond donors (Lipinski definition) is 2. The topological polar surface area (TPSA) is 83.9 Å². The van der Waals surface area contributed by atoms with Gasteiger partial charge in [0.15, 0.2) is 16.6 Å². The fraction of sp³-hybridized carbons (Fsp3) is 1.00. The van der Waals surface area contributed by atoms with Gasteiger partial charge in [0.05, 0.1) is 25.4 Å². The highest BCUT2D eigenvalue weighted by atomic mass is 28.4. The van der Waals surface area contributed by atoms with Crippen LogP contribution in [0.4, 0.5) is 0 Å². The molecule has 0 aliphatic rings. The highest BCUT2D eigenvalue weighted by Crippen LogP contribution is 2.14. The van der Waals surface area contributed by atoms with E-state index < -0.39 is 28.8 Å². The maximum Gasteiger partial charge on any atom is 0.186 e. The van der Waals surface area contributed by atoms with E-state index in [1.54, 1.807) is 0 Å². The van der Waals surface area contributed by atoms with Crippen molar-refractivity contribution in [2.24, 2.45) is 0 Å². The summed E-state index contributed by atoms with van der Waals surface area (Å²) in [7, 11) is -3.11. The minimum atomic E-state index is -1.56. The van der Waals surface area contributed by atoms with Crippen molar-refractivity contribution in [3.05, 3.63) is 0 Å². The van der Waals surface area contributed by atoms with E-state index in [4.69, 9.17) is 18.3 Å². The third-order valence-electron chi connectivity index (χ3n) is 6.39. The molecule has 218 valence electrons. The molecule has 0 fully saturated rings. The van der Waals surface area contributed by atoms with Crippen LogP contribution >= 0.6 is 0 Å². The van der Waals surface area contributed by atoms with Crippen molar-refractivity contribution in [2.45, 2.75) is 91.0 Å². The van der Waals surface area contributed by atoms with E-state index in [9.17, 15) is 10.2 Å². The Morgan fingerprint density at radius 3 is 1.31 bits per heavy atom. The van der Waals surface area contributed by atoms with Crippen LogP contribution < -0.4 is 0 Å². The molecule has 0 aromatic rings. The lowest BCUT2D eigenvalue weighted by molar-refractivity contribution is 0.00801. The van der Waals surface area contributed by atoms with Gasteiger partial charge in [0.25, 0.3) is 0 Å². The SMILES string of the molecule is CCO[Si](C)(C)CCCOCC(O)CN(CC)CCN(CC)CC(O)COCCC[Si](C)(C)OCC. The molecule has 0 aromatic heterocycles. The van der Waals surface area contributed by atoms with Crippen LogP contribution in [0.2, 0.25) is 38.3 Å². The summed E-state index contributed by atoms with van der Waals surface area (Å²) in [6.07, 6.45) is 0.973. The first kappa shape index (κ1) is 36.1. The minimum absolute atomic E-state index is 0.366. The third kappa shape index (κ3) is 20.1. The first-order valence-corrected chi connectivity index (χ1v) is 20.5. The lowest BCUT2D eigenvalue weighted by atomic mass is 10.3. The highest BCUT2D eigenvalue weighted by molar-refractivity contribution is 6.71. The first-order chi connectivity index (χ1) is 17.0. The van der Waals surface area contributed by atoms with Crippen molar-refractivity contribution in [3.63, 3.8) is 0 Å². The zero-order chi connectivity index (χ0) is 27.5. The molecule has 8 nitrogen and oxygen atoms in total. The Hall–Kier alpha value is 0.114. The number of aliphatic hydroxyl groups excluding tert-OH is 2. The molecule has 0 aliphatic carbocycles. The van der Waals surface area contributed by atoms with Crippen LogP contribution in [0.25, 0.3) is 0 Å². The zero-order valence-corrected chi connectivity index (χ0v) is 26.9. The van der Waals surface area contributed by atoms with Gasteiger partial charge in [0, 0.05) is 52.6 Å². The second-order valence-corrected chi connectivity index (χ2v) is 19.5. The van der Waals surface area contributed by atoms with Gasteiger partial charge < -0.3 is 28.5 Å². The molecule has 0 saturated heterocycles. The van der Waals surface area contributed by atoms with E-state index in [1.165, 1.54) is 0 Å². The van der Waals surface area contributed by atoms with Crippen molar-refractivity contribution < 1.29 is 28.5 Å². The van der Waals surface area contributed by atoms with Gasteiger partial charge in [-0.3, -0.25) is 9.80 Å². The molecular formula is C26H60N2O6Si2. The van der Waals surface area contributed by atoms with Crippen molar-refractivity contribution >= 4 is 16.6 Å². The Bertz CT molecular complexity index is 473. The van der Waals surface area contributed by atoms with Gasteiger partial charge in [-0.15, -0.1) is 0 Å². The monoisotopic (exact) mass is 552 g/mol. The smallest absolute Gasteiger partial charge is 0.186 e. The molecule has 0 aliphatic heterocycles. The lowest BCUT2D eigenvalue weighted by Crippen LogP contribution is -2.42. The summed E-state index contributed by atoms with van der Waals surface area (Å²) in [5.74, 6) is 0. The summed E-state index contributed by atoms with van der Waals surface area (Å²) in [6.45, 7) is 25.5. The maximum atomic E-state index is 10.4. The number of nitrogens with zero attached hydrogens (tertiary/aromatic N) is 2. The number of aliphatic hydroxyl groups is 2. The van der Waals surface area contributed by atoms with Crippen molar-refractivity contribution in [1.29, 1.82) is 0 Å². The summed E-state index contributed by atoms with van der Waals surface area (Å²) < 4.78 is 23.2. The predicted molar refractivity (Wildman–Crippen MR) is 155 cm³/mol. The first-order valence-electron chi connectivity index (χ1n) is 14.2. The van der Waals surface area contributed by atoms with Crippen LogP contribution in [-0.4, -0.2) is 128 Å². The summed E-state index contributed by atoms with van der Waals surface area (Å²) in [5.41, 5.74) is 0. The third-order valence-corrected chi connectivity index (χ3v) is 11.6. The van der Waals surface area contributed by atoms with E-state index in [-0.39, 0.29) is 0 Å². The summed E-state index contributed by atoms with van der Waals surface area (Å²) >= 11 is 0. The molecule has 0 saturated carbocycles. The van der Waals surface area contributed by atoms with Gasteiger partial charge in [0.1, 0.15) is 0 Å². The van der Waals surface area contributed by atoms with Gasteiger partial charge in [-0.2, -0.15) is 0 Å². The largest absolute Gasteiger partial charge is 0.418 e. The van der Waals surface area contributed by atoms with Crippen LogP contribution in [0.3, 0.4) is 0 Å². The van der Waals surface area contributed by atoms with Crippen LogP contribution in [0.15, 0.2) is 0 Å². The maximum absolute atomic E-state index is 10.4. The predicted octanol–water partition coefficient (Wildman–Crippen LogP) is 3.65. The Balaban J connectivity index is 4.10. The van der Waals surface area contributed by atoms with E-state index in [2.05, 4.69) is 49.8 Å². The molecular weight excluding hydrogens is 492 g/mol. The molecule has 10 heteroatoms. The number of ether oxygens (including phenoxy) is 2. The molecule has 0 amide bonds. The van der Waals surface area contributed by atoms with Crippen LogP contribution in [-0.2, 0) is 18.3 Å². The Morgan fingerprint density at radius 2 is 1.00 bits per heavy atom. The van der Waals surface area contributed by atoms with Gasteiger partial charge in [-0.25, -0.2) is 0 Å². The fourth-order valence-corrected chi connectivity index (χ4v) is 8.15. The van der Waals surface area contributed by atoms with E-state index in [1.807, 2.05) is 13.8 Å². The Labute approximate surface area is 224 Å². The second kappa shape index (κ2) is 21.0. The van der Waals surface area contributed by atoms with Crippen molar-refractivity contribution in [3.8, 4) is 0 Å². The van der Waals surface area contributed by atoms with E-state index in [0.717, 1.165) is 64.3 Å². The molecule has 36 heavy (non-hydrogen) atoms. The summed E-state index contributed by atoms with van der Waals surface area (Å²) in [4.78, 5) is 4.49. The van der Waals surface area contributed by atoms with Gasteiger partial charge in [-0.05, 0) is 78.1 Å². The molecule has 0 radical (unpaired) electrons. The van der Waals surface area contributed by atoms with E-state index >= 15 is 0 Å². The number of rotatable bonds is 25. The molecule has 0 bridgehead atoms. The Morgan fingerprint density at radius 1 is 0.639 bits per heavy atom. The minimum Gasteiger partial charge on any atom is -0.418 e. The van der Waals surface area contributed by atoms with Crippen molar-refractivity contribution in [2.75, 3.05) is 78.9 Å². The van der Waals surface area contributed by atoms with Crippen LogP contribution in [0.5, 0.6) is 0 Å². The zero-order valence-electron chi connectivity index (χ0n) is 24.9. The highest BCUT2D eigenvalue weighted by Gasteiger charge is 2.22. The quantitative estimate of drug-likeness (QED) is 0.131. The number of likely N-dealkylation sites (N-methyl/N-ethyl adjacent to an activating group) is 2. The lowest BCUT2D eigenvalue weighted by Gasteiger charge is -2.29. The normalized spacial score (nSPS) is 14.7. The van der Waals surface area contributed by atoms with E-state index in [0.29, 0.717) is 39.5 Å². The van der Waals surface area contributed by atoms with Gasteiger partial charge in [0.2, 0.25) is 0 Å². The molecule has 2 N–H and O–H groups in total. The Kier molecular flexibility index (Phi) is 21.1. The molecule has 0 aromatic carbocycles. The second-order valence-electron chi connectivity index (χ2n) is 10.8. The summed E-state index contributed by atoms with van der Waals surface area (Å²) in [5, 5.41) is 20.8. The molecule has 0 rings (SSSR count). The standard InChI is InChI=1S/C26H60N2O6Si2/c1-9-27(21-25(29)23-31-17-13-19-35(5,6)33-11-3)15-16-28(10-2)22-26(30)24-32-18-14-20-36(7,8)34-12-4/h25-26,29-30H,9-24H2,1-8H3. The van der Waals surface area contributed by atoms with Crippen LogP contribution in [0.1, 0.15) is 40.5 Å². The van der Waals surface area contributed by atoms with Crippen molar-refractivity contribution in [1.82, 2.24) is 9.80 Å². The average molecular weight is 553 g/mol. The summed E-state index contributed by atoms with van der Waals surface area (Å²) in [6, 6.07) is 2.16. The van der Waals surface area contributed by atoms with Gasteiger partial charge in [-0.1, -0.05) is 13.8 Å². The molecule has 2 atom stereocenters. The number of hydrogen-bond acceptors (Lipinski definition) is 8. The average Bonchev–Trinajstić information content (AvgIpc) is 2.80. The van der Waals surface area contributed by atoms with Gasteiger partial charge >= 0.3 is 0 Å². The molecule has 0 spiro atoms. The van der Waals surface area contributed by atoms with Crippen LogP contribution in [0, 0.1) is 0 Å². The fourth-order valence-electron chi connectivity index (χ4n) is 4.31. The molecule has 0 heterocycles. The molecule has 2 unspecified atom stereocenters.